The molecule has 0 radical (unpaired) electrons. The summed E-state index contributed by atoms with van der Waals surface area (Å²) in [7, 11) is -3.70. The summed E-state index contributed by atoms with van der Waals surface area (Å²) < 4.78 is 36.8. The Morgan fingerprint density at radius 2 is 1.74 bits per heavy atom. The number of likely N-dealkylation sites (N-methyl/N-ethyl adjacent to an activating group) is 1. The van der Waals surface area contributed by atoms with Gasteiger partial charge in [0.15, 0.2) is 0 Å². The molecule has 0 N–H and O–H groups in total. The summed E-state index contributed by atoms with van der Waals surface area (Å²) in [5, 5.41) is 1.03. The van der Waals surface area contributed by atoms with E-state index in [1.54, 1.807) is 23.1 Å². The standard InChI is InChI=1S/C30H28BrN3O4S/c1-2-34-29-12-11-24(39(36,37)33-13-15-38-16-14-33)18-26(29)27(30(34)35)17-22-20-32(28-6-4-3-5-25(22)28)19-21-7-9-23(31)10-8-21/h3-12,17-18,20H,2,13-16,19H2,1H3/b27-17-. The predicted molar refractivity (Wildman–Crippen MR) is 157 cm³/mol. The maximum absolute atomic E-state index is 13.6. The van der Waals surface area contributed by atoms with Gasteiger partial charge < -0.3 is 14.2 Å². The van der Waals surface area contributed by atoms with Crippen LogP contribution in [0.1, 0.15) is 23.6 Å². The molecule has 0 bridgehead atoms. The van der Waals surface area contributed by atoms with E-state index >= 15 is 0 Å². The molecule has 1 saturated heterocycles. The van der Waals surface area contributed by atoms with Crippen molar-refractivity contribution in [2.75, 3.05) is 37.7 Å². The predicted octanol–water partition coefficient (Wildman–Crippen LogP) is 5.38. The van der Waals surface area contributed by atoms with Crippen LogP contribution in [0.2, 0.25) is 0 Å². The van der Waals surface area contributed by atoms with E-state index in [0.717, 1.165) is 32.2 Å². The van der Waals surface area contributed by atoms with E-state index in [2.05, 4.69) is 51.0 Å². The number of hydrogen-bond donors (Lipinski definition) is 0. The van der Waals surface area contributed by atoms with Crippen molar-refractivity contribution >= 4 is 60.1 Å². The first-order chi connectivity index (χ1) is 18.9. The quantitative estimate of drug-likeness (QED) is 0.277. The van der Waals surface area contributed by atoms with Gasteiger partial charge in [-0.3, -0.25) is 4.79 Å². The molecule has 0 atom stereocenters. The summed E-state index contributed by atoms with van der Waals surface area (Å²) >= 11 is 3.50. The monoisotopic (exact) mass is 605 g/mol. The molecule has 1 fully saturated rings. The molecule has 1 amide bonds. The summed E-state index contributed by atoms with van der Waals surface area (Å²) in [6, 6.07) is 21.4. The highest BCUT2D eigenvalue weighted by molar-refractivity contribution is 9.10. The van der Waals surface area contributed by atoms with Crippen LogP contribution in [0, 0.1) is 0 Å². The summed E-state index contributed by atoms with van der Waals surface area (Å²) in [6.45, 7) is 4.49. The lowest BCUT2D eigenvalue weighted by molar-refractivity contribution is -0.112. The average Bonchev–Trinajstić information content (AvgIpc) is 3.44. The Balaban J connectivity index is 1.44. The van der Waals surface area contributed by atoms with Crippen LogP contribution in [0.3, 0.4) is 0 Å². The third-order valence-corrected chi connectivity index (χ3v) is 9.76. The average molecular weight is 607 g/mol. The molecule has 3 heterocycles. The molecule has 0 saturated carbocycles. The molecule has 2 aliphatic rings. The van der Waals surface area contributed by atoms with Crippen LogP contribution in [0.4, 0.5) is 5.69 Å². The molecular weight excluding hydrogens is 578 g/mol. The number of halogens is 1. The second-order valence-corrected chi connectivity index (χ2v) is 12.5. The Bertz CT molecular complexity index is 1700. The molecule has 3 aromatic carbocycles. The zero-order valence-electron chi connectivity index (χ0n) is 21.5. The number of hydrogen-bond acceptors (Lipinski definition) is 4. The van der Waals surface area contributed by atoms with Crippen molar-refractivity contribution in [3.63, 3.8) is 0 Å². The Labute approximate surface area is 236 Å². The van der Waals surface area contributed by atoms with Crippen molar-refractivity contribution < 1.29 is 17.9 Å². The van der Waals surface area contributed by atoms with Gasteiger partial charge in [-0.25, -0.2) is 8.42 Å². The number of para-hydroxylation sites is 1. The van der Waals surface area contributed by atoms with Crippen LogP contribution in [0.25, 0.3) is 22.6 Å². The number of nitrogens with zero attached hydrogens (tertiary/aromatic N) is 3. The minimum Gasteiger partial charge on any atom is -0.379 e. The summed E-state index contributed by atoms with van der Waals surface area (Å²) in [5.41, 5.74) is 5.01. The Kier molecular flexibility index (Phi) is 6.93. The fourth-order valence-corrected chi connectivity index (χ4v) is 7.05. The highest BCUT2D eigenvalue weighted by Gasteiger charge is 2.34. The van der Waals surface area contributed by atoms with E-state index in [-0.39, 0.29) is 10.8 Å². The van der Waals surface area contributed by atoms with Crippen molar-refractivity contribution in [1.29, 1.82) is 0 Å². The molecule has 1 aromatic heterocycles. The van der Waals surface area contributed by atoms with Gasteiger partial charge in [-0.15, -0.1) is 0 Å². The zero-order valence-corrected chi connectivity index (χ0v) is 23.9. The van der Waals surface area contributed by atoms with Gasteiger partial charge in [0, 0.05) is 64.5 Å². The van der Waals surface area contributed by atoms with E-state index in [1.165, 1.54) is 4.31 Å². The molecule has 2 aliphatic heterocycles. The van der Waals surface area contributed by atoms with Crippen molar-refractivity contribution in [1.82, 2.24) is 8.87 Å². The SMILES string of the molecule is CCN1C(=O)/C(=C\c2cn(Cc3ccc(Br)cc3)c3ccccc23)c2cc(S(=O)(=O)N3CCOCC3)ccc21. The first kappa shape index (κ1) is 26.0. The maximum atomic E-state index is 13.6. The lowest BCUT2D eigenvalue weighted by Crippen LogP contribution is -2.40. The van der Waals surface area contributed by atoms with E-state index in [0.29, 0.717) is 50.5 Å². The number of benzene rings is 3. The largest absolute Gasteiger partial charge is 0.379 e. The molecule has 9 heteroatoms. The van der Waals surface area contributed by atoms with E-state index in [1.807, 2.05) is 37.3 Å². The highest BCUT2D eigenvalue weighted by atomic mass is 79.9. The third-order valence-electron chi connectivity index (χ3n) is 7.33. The summed E-state index contributed by atoms with van der Waals surface area (Å²) in [4.78, 5) is 15.5. The fourth-order valence-electron chi connectivity index (χ4n) is 5.35. The van der Waals surface area contributed by atoms with Crippen molar-refractivity contribution in [3.05, 3.63) is 94.1 Å². The normalized spacial score (nSPS) is 17.3. The Morgan fingerprint density at radius 1 is 1.00 bits per heavy atom. The fraction of sp³-hybridized carbons (Fsp3) is 0.233. The number of morpholine rings is 1. The highest BCUT2D eigenvalue weighted by Crippen LogP contribution is 2.40. The number of amides is 1. The molecule has 4 aromatic rings. The molecule has 0 unspecified atom stereocenters. The van der Waals surface area contributed by atoms with Gasteiger partial charge in [0.25, 0.3) is 5.91 Å². The van der Waals surface area contributed by atoms with Crippen LogP contribution < -0.4 is 4.90 Å². The van der Waals surface area contributed by atoms with Gasteiger partial charge >= 0.3 is 0 Å². The van der Waals surface area contributed by atoms with Crippen LogP contribution >= 0.6 is 15.9 Å². The second kappa shape index (κ2) is 10.4. The number of rotatable bonds is 6. The van der Waals surface area contributed by atoms with E-state index < -0.39 is 10.0 Å². The molecular formula is C30H28BrN3O4S. The minimum absolute atomic E-state index is 0.127. The Morgan fingerprint density at radius 3 is 2.49 bits per heavy atom. The number of anilines is 1. The third kappa shape index (κ3) is 4.74. The van der Waals surface area contributed by atoms with Crippen LogP contribution in [0.5, 0.6) is 0 Å². The van der Waals surface area contributed by atoms with Crippen LogP contribution in [0.15, 0.2) is 82.3 Å². The smallest absolute Gasteiger partial charge is 0.258 e. The van der Waals surface area contributed by atoms with Crippen LogP contribution in [-0.2, 0) is 26.1 Å². The molecule has 7 nitrogen and oxygen atoms in total. The van der Waals surface area contributed by atoms with Crippen LogP contribution in [-0.4, -0.2) is 56.0 Å². The number of sulfonamides is 1. The minimum atomic E-state index is -3.70. The lowest BCUT2D eigenvalue weighted by atomic mass is 10.0. The number of carbonyl (C=O) groups is 1. The molecule has 6 rings (SSSR count). The van der Waals surface area contributed by atoms with Crippen molar-refractivity contribution in [3.8, 4) is 0 Å². The molecule has 200 valence electrons. The van der Waals surface area contributed by atoms with E-state index in [9.17, 15) is 13.2 Å². The van der Waals surface area contributed by atoms with Gasteiger partial charge in [-0.1, -0.05) is 46.3 Å². The number of ether oxygens (including phenoxy) is 1. The van der Waals surface area contributed by atoms with Gasteiger partial charge in [0.1, 0.15) is 0 Å². The van der Waals surface area contributed by atoms with Crippen molar-refractivity contribution in [2.24, 2.45) is 0 Å². The molecule has 39 heavy (non-hydrogen) atoms. The number of carbonyl (C=O) groups excluding carboxylic acids is 1. The van der Waals surface area contributed by atoms with Crippen molar-refractivity contribution in [2.45, 2.75) is 18.4 Å². The van der Waals surface area contributed by atoms with Gasteiger partial charge in [-0.05, 0) is 55.0 Å². The molecule has 0 aliphatic carbocycles. The number of fused-ring (bicyclic) bond motifs is 2. The van der Waals surface area contributed by atoms with Gasteiger partial charge in [0.2, 0.25) is 10.0 Å². The maximum Gasteiger partial charge on any atom is 0.258 e. The lowest BCUT2D eigenvalue weighted by Gasteiger charge is -2.26. The second-order valence-electron chi connectivity index (χ2n) is 9.66. The van der Waals surface area contributed by atoms with Gasteiger partial charge in [0.05, 0.1) is 23.8 Å². The Hall–Kier alpha value is -3.24. The molecule has 0 spiro atoms. The summed E-state index contributed by atoms with van der Waals surface area (Å²) in [6.07, 6.45) is 3.97. The van der Waals surface area contributed by atoms with Gasteiger partial charge in [-0.2, -0.15) is 4.31 Å². The first-order valence-electron chi connectivity index (χ1n) is 12.9. The number of aromatic nitrogens is 1. The summed E-state index contributed by atoms with van der Waals surface area (Å²) in [5.74, 6) is -0.127. The topological polar surface area (TPSA) is 71.9 Å². The first-order valence-corrected chi connectivity index (χ1v) is 15.2. The van der Waals surface area contributed by atoms with E-state index in [4.69, 9.17) is 4.74 Å². The zero-order chi connectivity index (χ0) is 27.1.